The molecular formula is C16H14FN3O2. The van der Waals surface area contributed by atoms with Crippen molar-refractivity contribution in [3.05, 3.63) is 71.5 Å². The molecule has 22 heavy (non-hydrogen) atoms. The van der Waals surface area contributed by atoms with E-state index in [9.17, 15) is 14.0 Å². The highest BCUT2D eigenvalue weighted by Gasteiger charge is 2.11. The molecule has 2 amide bonds. The molecule has 0 aliphatic carbocycles. The number of nitrogens with one attached hydrogen (secondary N) is 2. The molecule has 0 saturated carbocycles. The molecule has 6 heteroatoms. The highest BCUT2D eigenvalue weighted by Crippen LogP contribution is 2.05. The van der Waals surface area contributed by atoms with Crippen molar-refractivity contribution in [1.29, 1.82) is 0 Å². The lowest BCUT2D eigenvalue weighted by Crippen LogP contribution is -2.35. The molecule has 0 aliphatic heterocycles. The minimum absolute atomic E-state index is 0.108. The third kappa shape index (κ3) is 4.52. The first kappa shape index (κ1) is 15.4. The summed E-state index contributed by atoms with van der Waals surface area (Å²) < 4.78 is 13.4. The van der Waals surface area contributed by atoms with Crippen molar-refractivity contribution in [2.75, 3.05) is 6.54 Å². The quantitative estimate of drug-likeness (QED) is 0.652. The number of rotatable bonds is 5. The Hall–Kier alpha value is -3.02. The molecule has 0 aliphatic rings. The van der Waals surface area contributed by atoms with Crippen molar-refractivity contribution in [2.45, 2.75) is 0 Å². The molecule has 2 rings (SSSR count). The van der Waals surface area contributed by atoms with Crippen molar-refractivity contribution < 1.29 is 14.0 Å². The van der Waals surface area contributed by atoms with Gasteiger partial charge >= 0.3 is 0 Å². The molecule has 0 fully saturated rings. The van der Waals surface area contributed by atoms with Crippen molar-refractivity contribution in [3.8, 4) is 0 Å². The predicted octanol–water partition coefficient (Wildman–Crippen LogP) is 1.71. The molecule has 0 atom stereocenters. The highest BCUT2D eigenvalue weighted by molar-refractivity contribution is 5.96. The van der Waals surface area contributed by atoms with E-state index in [1.54, 1.807) is 6.07 Å². The number of nitrogens with zero attached hydrogens (tertiary/aromatic N) is 1. The number of hydrazone groups is 1. The van der Waals surface area contributed by atoms with Gasteiger partial charge in [0.25, 0.3) is 11.8 Å². The highest BCUT2D eigenvalue weighted by atomic mass is 19.1. The second-order valence-electron chi connectivity index (χ2n) is 4.37. The van der Waals surface area contributed by atoms with Crippen LogP contribution in [0.1, 0.15) is 15.9 Å². The van der Waals surface area contributed by atoms with Gasteiger partial charge in [-0.1, -0.05) is 42.5 Å². The summed E-state index contributed by atoms with van der Waals surface area (Å²) >= 11 is 0. The Morgan fingerprint density at radius 2 is 1.73 bits per heavy atom. The fraction of sp³-hybridized carbons (Fsp3) is 0.0625. The number of amides is 2. The number of carbonyl (C=O) groups excluding carboxylic acids is 2. The maximum Gasteiger partial charge on any atom is 0.259 e. The van der Waals surface area contributed by atoms with Gasteiger partial charge in [0.1, 0.15) is 5.82 Å². The summed E-state index contributed by atoms with van der Waals surface area (Å²) in [4.78, 5) is 23.2. The van der Waals surface area contributed by atoms with Crippen LogP contribution in [0.5, 0.6) is 0 Å². The third-order valence-electron chi connectivity index (χ3n) is 2.73. The molecule has 0 heterocycles. The van der Waals surface area contributed by atoms with Gasteiger partial charge in [0.2, 0.25) is 0 Å². The smallest absolute Gasteiger partial charge is 0.259 e. The maximum absolute atomic E-state index is 13.4. The molecule has 0 aromatic heterocycles. The van der Waals surface area contributed by atoms with Gasteiger partial charge < -0.3 is 5.32 Å². The molecule has 2 N–H and O–H groups in total. The van der Waals surface area contributed by atoms with Gasteiger partial charge in [0.05, 0.1) is 18.3 Å². The fourth-order valence-electron chi connectivity index (χ4n) is 1.66. The minimum Gasteiger partial charge on any atom is -0.343 e. The van der Waals surface area contributed by atoms with Crippen LogP contribution < -0.4 is 10.7 Å². The van der Waals surface area contributed by atoms with Gasteiger partial charge in [0.15, 0.2) is 0 Å². The summed E-state index contributed by atoms with van der Waals surface area (Å²) in [5, 5.41) is 6.08. The van der Waals surface area contributed by atoms with Crippen LogP contribution in [-0.2, 0) is 4.79 Å². The zero-order valence-corrected chi connectivity index (χ0v) is 11.6. The van der Waals surface area contributed by atoms with Crippen LogP contribution in [0.25, 0.3) is 0 Å². The number of halogens is 1. The Bertz CT molecular complexity index is 687. The van der Waals surface area contributed by atoms with E-state index < -0.39 is 17.6 Å². The molecular weight excluding hydrogens is 285 g/mol. The van der Waals surface area contributed by atoms with Gasteiger partial charge in [-0.25, -0.2) is 9.82 Å². The monoisotopic (exact) mass is 299 g/mol. The van der Waals surface area contributed by atoms with Gasteiger partial charge in [-0.15, -0.1) is 0 Å². The van der Waals surface area contributed by atoms with Crippen LogP contribution in [0, 0.1) is 5.82 Å². The number of carbonyl (C=O) groups is 2. The van der Waals surface area contributed by atoms with Gasteiger partial charge in [-0.2, -0.15) is 5.10 Å². The molecule has 2 aromatic carbocycles. The normalized spacial score (nSPS) is 10.4. The Labute approximate surface area is 126 Å². The van der Waals surface area contributed by atoms with E-state index in [2.05, 4.69) is 15.8 Å². The number of hydrogen-bond donors (Lipinski definition) is 2. The second kappa shape index (κ2) is 7.68. The zero-order chi connectivity index (χ0) is 15.8. The Morgan fingerprint density at radius 3 is 2.45 bits per heavy atom. The average molecular weight is 299 g/mol. The first-order chi connectivity index (χ1) is 10.7. The van der Waals surface area contributed by atoms with Crippen molar-refractivity contribution in [1.82, 2.24) is 10.7 Å². The molecule has 0 radical (unpaired) electrons. The first-order valence-electron chi connectivity index (χ1n) is 6.56. The SMILES string of the molecule is O=C(CNC(=O)c1ccccc1F)N/N=C\c1ccccc1. The van der Waals surface area contributed by atoms with E-state index in [0.29, 0.717) is 0 Å². The summed E-state index contributed by atoms with van der Waals surface area (Å²) in [7, 11) is 0. The van der Waals surface area contributed by atoms with Crippen molar-refractivity contribution in [2.24, 2.45) is 5.10 Å². The van der Waals surface area contributed by atoms with E-state index in [4.69, 9.17) is 0 Å². The van der Waals surface area contributed by atoms with E-state index in [-0.39, 0.29) is 12.1 Å². The Balaban J connectivity index is 1.80. The van der Waals surface area contributed by atoms with E-state index >= 15 is 0 Å². The van der Waals surface area contributed by atoms with Crippen molar-refractivity contribution in [3.63, 3.8) is 0 Å². The van der Waals surface area contributed by atoms with E-state index in [1.807, 2.05) is 30.3 Å². The minimum atomic E-state index is -0.653. The van der Waals surface area contributed by atoms with Crippen LogP contribution in [0.3, 0.4) is 0 Å². The second-order valence-corrected chi connectivity index (χ2v) is 4.37. The number of hydrogen-bond acceptors (Lipinski definition) is 3. The molecule has 112 valence electrons. The molecule has 0 saturated heterocycles. The van der Waals surface area contributed by atoms with Gasteiger partial charge in [-0.05, 0) is 17.7 Å². The molecule has 0 bridgehead atoms. The van der Waals surface area contributed by atoms with Crippen LogP contribution in [0.2, 0.25) is 0 Å². The summed E-state index contributed by atoms with van der Waals surface area (Å²) in [6, 6.07) is 14.8. The molecule has 0 spiro atoms. The van der Waals surface area contributed by atoms with Crippen LogP contribution in [0.15, 0.2) is 59.7 Å². The molecule has 5 nitrogen and oxygen atoms in total. The summed E-state index contributed by atoms with van der Waals surface area (Å²) in [5.74, 6) is -1.79. The zero-order valence-electron chi connectivity index (χ0n) is 11.6. The van der Waals surface area contributed by atoms with E-state index in [0.717, 1.165) is 5.56 Å². The lowest BCUT2D eigenvalue weighted by atomic mass is 10.2. The third-order valence-corrected chi connectivity index (χ3v) is 2.73. The molecule has 0 unspecified atom stereocenters. The average Bonchev–Trinajstić information content (AvgIpc) is 2.54. The lowest BCUT2D eigenvalue weighted by molar-refractivity contribution is -0.120. The Kier molecular flexibility index (Phi) is 5.37. The van der Waals surface area contributed by atoms with Crippen LogP contribution >= 0.6 is 0 Å². The standard InChI is InChI=1S/C16H14FN3O2/c17-14-9-5-4-8-13(14)16(22)18-11-15(21)20-19-10-12-6-2-1-3-7-12/h1-10H,11H2,(H,18,22)(H,20,21)/b19-10-. The Morgan fingerprint density at radius 1 is 1.05 bits per heavy atom. The topological polar surface area (TPSA) is 70.6 Å². The van der Waals surface area contributed by atoms with Gasteiger partial charge in [0, 0.05) is 0 Å². The maximum atomic E-state index is 13.4. The van der Waals surface area contributed by atoms with Crippen molar-refractivity contribution >= 4 is 18.0 Å². The lowest BCUT2D eigenvalue weighted by Gasteiger charge is -2.04. The summed E-state index contributed by atoms with van der Waals surface area (Å²) in [6.45, 7) is -0.292. The first-order valence-corrected chi connectivity index (χ1v) is 6.56. The summed E-state index contributed by atoms with van der Waals surface area (Å²) in [5.41, 5.74) is 3.00. The van der Waals surface area contributed by atoms with Crippen LogP contribution in [0.4, 0.5) is 4.39 Å². The molecule has 2 aromatic rings. The fourth-order valence-corrected chi connectivity index (χ4v) is 1.66. The number of benzene rings is 2. The largest absolute Gasteiger partial charge is 0.343 e. The van der Waals surface area contributed by atoms with Gasteiger partial charge in [-0.3, -0.25) is 9.59 Å². The van der Waals surface area contributed by atoms with E-state index in [1.165, 1.54) is 24.4 Å². The summed E-state index contributed by atoms with van der Waals surface area (Å²) in [6.07, 6.45) is 1.48. The van der Waals surface area contributed by atoms with Crippen LogP contribution in [-0.4, -0.2) is 24.6 Å². The predicted molar refractivity (Wildman–Crippen MR) is 80.9 cm³/mol.